The summed E-state index contributed by atoms with van der Waals surface area (Å²) in [5, 5.41) is 9.15. The maximum absolute atomic E-state index is 12.9. The van der Waals surface area contributed by atoms with E-state index in [4.69, 9.17) is 5.11 Å². The third-order valence-corrected chi connectivity index (χ3v) is 7.33. The number of carbonyl (C=O) groups is 1. The van der Waals surface area contributed by atoms with Crippen LogP contribution in [0.1, 0.15) is 25.0 Å². The number of aliphatic hydroxyl groups is 1. The molecule has 0 aromatic heterocycles. The van der Waals surface area contributed by atoms with Crippen LogP contribution in [0.25, 0.3) is 11.1 Å². The third-order valence-electron chi connectivity index (χ3n) is 5.45. The first kappa shape index (κ1) is 20.7. The highest BCUT2D eigenvalue weighted by Crippen LogP contribution is 2.28. The lowest BCUT2D eigenvalue weighted by Gasteiger charge is -2.30. The highest BCUT2D eigenvalue weighted by Gasteiger charge is 2.33. The summed E-state index contributed by atoms with van der Waals surface area (Å²) >= 11 is 0. The molecule has 6 heteroatoms. The molecule has 28 heavy (non-hydrogen) atoms. The van der Waals surface area contributed by atoms with Gasteiger partial charge in [-0.2, -0.15) is 4.31 Å². The van der Waals surface area contributed by atoms with Gasteiger partial charge in [0.05, 0.1) is 5.75 Å². The van der Waals surface area contributed by atoms with E-state index in [1.807, 2.05) is 44.2 Å². The Bertz CT molecular complexity index is 938. The van der Waals surface area contributed by atoms with E-state index in [0.717, 1.165) is 16.7 Å². The molecule has 1 aliphatic rings. The van der Waals surface area contributed by atoms with Gasteiger partial charge in [-0.25, -0.2) is 8.42 Å². The first-order valence-corrected chi connectivity index (χ1v) is 11.2. The Morgan fingerprint density at radius 3 is 2.43 bits per heavy atom. The average Bonchev–Trinajstić information content (AvgIpc) is 2.71. The van der Waals surface area contributed by atoms with Crippen molar-refractivity contribution in [2.75, 3.05) is 18.9 Å². The van der Waals surface area contributed by atoms with Crippen molar-refractivity contribution in [1.29, 1.82) is 0 Å². The van der Waals surface area contributed by atoms with E-state index >= 15 is 0 Å². The monoisotopic (exact) mass is 401 g/mol. The number of ketones is 1. The standard InChI is InChI=1S/C22H27NO4S/c1-16(2)21(22(25)14-24)15-28(26,27)23-11-10-19-12-18(8-9-20(19)13-23)17-6-4-3-5-7-17/h3-9,12,16,21,24H,10-11,13-15H2,1-2H3. The van der Waals surface area contributed by atoms with Gasteiger partial charge in [-0.1, -0.05) is 62.4 Å². The molecule has 0 radical (unpaired) electrons. The summed E-state index contributed by atoms with van der Waals surface area (Å²) in [4.78, 5) is 12.0. The summed E-state index contributed by atoms with van der Waals surface area (Å²) in [6.07, 6.45) is 0.648. The van der Waals surface area contributed by atoms with Gasteiger partial charge >= 0.3 is 0 Å². The van der Waals surface area contributed by atoms with Gasteiger partial charge in [0, 0.05) is 19.0 Å². The first-order valence-electron chi connectivity index (χ1n) is 9.60. The van der Waals surface area contributed by atoms with Crippen molar-refractivity contribution in [3.8, 4) is 11.1 Å². The molecule has 1 heterocycles. The second kappa shape index (κ2) is 8.55. The van der Waals surface area contributed by atoms with Crippen LogP contribution in [-0.4, -0.2) is 42.5 Å². The normalized spacial score (nSPS) is 16.0. The molecule has 0 saturated heterocycles. The zero-order chi connectivity index (χ0) is 20.3. The Balaban J connectivity index is 1.78. The van der Waals surface area contributed by atoms with Crippen LogP contribution in [0.3, 0.4) is 0 Å². The lowest BCUT2D eigenvalue weighted by Crippen LogP contribution is -2.41. The lowest BCUT2D eigenvalue weighted by molar-refractivity contribution is -0.126. The van der Waals surface area contributed by atoms with Crippen LogP contribution in [-0.2, 0) is 27.8 Å². The van der Waals surface area contributed by atoms with Gasteiger partial charge < -0.3 is 5.11 Å². The molecule has 5 nitrogen and oxygen atoms in total. The van der Waals surface area contributed by atoms with Gasteiger partial charge in [-0.05, 0) is 34.6 Å². The van der Waals surface area contributed by atoms with Crippen molar-refractivity contribution in [3.63, 3.8) is 0 Å². The Labute approximate surface area is 167 Å². The number of sulfonamides is 1. The lowest BCUT2D eigenvalue weighted by atomic mass is 9.94. The summed E-state index contributed by atoms with van der Waals surface area (Å²) in [5.74, 6) is -1.48. The predicted octanol–water partition coefficient (Wildman–Crippen LogP) is 2.88. The molecule has 1 aliphatic heterocycles. The fourth-order valence-corrected chi connectivity index (χ4v) is 5.62. The SMILES string of the molecule is CC(C)C(CS(=O)(=O)N1CCc2cc(-c3ccccc3)ccc2C1)C(=O)CO. The Hall–Kier alpha value is -2.02. The molecule has 2 aromatic carbocycles. The largest absolute Gasteiger partial charge is 0.389 e. The molecule has 2 aromatic rings. The predicted molar refractivity (Wildman–Crippen MR) is 110 cm³/mol. The molecule has 3 rings (SSSR count). The second-order valence-electron chi connectivity index (χ2n) is 7.69. The summed E-state index contributed by atoms with van der Waals surface area (Å²) < 4.78 is 27.3. The fraction of sp³-hybridized carbons (Fsp3) is 0.409. The summed E-state index contributed by atoms with van der Waals surface area (Å²) in [6, 6.07) is 16.3. The zero-order valence-corrected chi connectivity index (χ0v) is 17.2. The topological polar surface area (TPSA) is 74.7 Å². The Morgan fingerprint density at radius 1 is 1.07 bits per heavy atom. The van der Waals surface area contributed by atoms with Gasteiger partial charge in [0.15, 0.2) is 5.78 Å². The summed E-state index contributed by atoms with van der Waals surface area (Å²) in [5.41, 5.74) is 4.44. The number of Topliss-reactive ketones (excluding diaryl/α,β-unsaturated/α-hetero) is 1. The molecule has 0 aliphatic carbocycles. The smallest absolute Gasteiger partial charge is 0.215 e. The van der Waals surface area contributed by atoms with E-state index in [9.17, 15) is 13.2 Å². The molecule has 0 fully saturated rings. The van der Waals surface area contributed by atoms with Gasteiger partial charge in [0.2, 0.25) is 10.0 Å². The van der Waals surface area contributed by atoms with Gasteiger partial charge in [-0.15, -0.1) is 0 Å². The number of nitrogens with zero attached hydrogens (tertiary/aromatic N) is 1. The number of carbonyl (C=O) groups excluding carboxylic acids is 1. The van der Waals surface area contributed by atoms with Crippen molar-refractivity contribution in [2.45, 2.75) is 26.8 Å². The van der Waals surface area contributed by atoms with Crippen LogP contribution < -0.4 is 0 Å². The van der Waals surface area contributed by atoms with Crippen molar-refractivity contribution < 1.29 is 18.3 Å². The molecule has 1 atom stereocenters. The minimum Gasteiger partial charge on any atom is -0.389 e. The number of hydrogen-bond acceptors (Lipinski definition) is 4. The van der Waals surface area contributed by atoms with E-state index in [2.05, 4.69) is 18.2 Å². The highest BCUT2D eigenvalue weighted by atomic mass is 32.2. The molecule has 1 unspecified atom stereocenters. The van der Waals surface area contributed by atoms with Gasteiger partial charge in [0.25, 0.3) is 0 Å². The van der Waals surface area contributed by atoms with Crippen molar-refractivity contribution in [2.24, 2.45) is 11.8 Å². The number of aliphatic hydroxyl groups excluding tert-OH is 1. The maximum atomic E-state index is 12.9. The Morgan fingerprint density at radius 2 is 1.79 bits per heavy atom. The molecule has 150 valence electrons. The van der Waals surface area contributed by atoms with Gasteiger partial charge in [-0.3, -0.25) is 4.79 Å². The molecule has 0 bridgehead atoms. The third kappa shape index (κ3) is 4.51. The van der Waals surface area contributed by atoms with Crippen LogP contribution in [0.5, 0.6) is 0 Å². The molecule has 0 spiro atoms. The number of rotatable bonds is 7. The van der Waals surface area contributed by atoms with Crippen LogP contribution in [0, 0.1) is 11.8 Å². The number of fused-ring (bicyclic) bond motifs is 1. The van der Waals surface area contributed by atoms with Crippen LogP contribution >= 0.6 is 0 Å². The minimum absolute atomic E-state index is 0.139. The average molecular weight is 402 g/mol. The van der Waals surface area contributed by atoms with E-state index in [0.29, 0.717) is 19.5 Å². The fourth-order valence-electron chi connectivity index (χ4n) is 3.68. The van der Waals surface area contributed by atoms with Crippen molar-refractivity contribution in [3.05, 3.63) is 59.7 Å². The van der Waals surface area contributed by atoms with Crippen molar-refractivity contribution >= 4 is 15.8 Å². The number of benzene rings is 2. The summed E-state index contributed by atoms with van der Waals surface area (Å²) in [7, 11) is -3.59. The van der Waals surface area contributed by atoms with Crippen molar-refractivity contribution in [1.82, 2.24) is 4.31 Å². The zero-order valence-electron chi connectivity index (χ0n) is 16.3. The van der Waals surface area contributed by atoms with Crippen LogP contribution in [0.2, 0.25) is 0 Å². The van der Waals surface area contributed by atoms with Crippen LogP contribution in [0.15, 0.2) is 48.5 Å². The van der Waals surface area contributed by atoms with Gasteiger partial charge in [0.1, 0.15) is 6.61 Å². The van der Waals surface area contributed by atoms with E-state index < -0.39 is 28.3 Å². The summed E-state index contributed by atoms with van der Waals surface area (Å²) in [6.45, 7) is 3.73. The van der Waals surface area contributed by atoms with E-state index in [1.54, 1.807) is 0 Å². The molecular formula is C22H27NO4S. The second-order valence-corrected chi connectivity index (χ2v) is 9.70. The van der Waals surface area contributed by atoms with E-state index in [1.165, 1.54) is 9.87 Å². The quantitative estimate of drug-likeness (QED) is 0.774. The maximum Gasteiger partial charge on any atom is 0.215 e. The van der Waals surface area contributed by atoms with E-state index in [-0.39, 0.29) is 11.7 Å². The molecular weight excluding hydrogens is 374 g/mol. The molecule has 1 N–H and O–H groups in total. The molecule has 0 amide bonds. The molecule has 0 saturated carbocycles. The highest BCUT2D eigenvalue weighted by molar-refractivity contribution is 7.89. The number of hydrogen-bond donors (Lipinski definition) is 1. The Kier molecular flexibility index (Phi) is 6.33. The van der Waals surface area contributed by atoms with Crippen LogP contribution in [0.4, 0.5) is 0 Å². The first-order chi connectivity index (χ1) is 13.3. The minimum atomic E-state index is -3.59.